The minimum absolute atomic E-state index is 0.559. The summed E-state index contributed by atoms with van der Waals surface area (Å²) in [4.78, 5) is 4.62. The molecule has 2 heterocycles. The first-order chi connectivity index (χ1) is 11.1. The van der Waals surface area contributed by atoms with Crippen LogP contribution in [-0.2, 0) is 6.42 Å². The van der Waals surface area contributed by atoms with Gasteiger partial charge in [0.1, 0.15) is 5.82 Å². The van der Waals surface area contributed by atoms with Crippen LogP contribution < -0.4 is 5.32 Å². The average molecular weight is 373 g/mol. The fraction of sp³-hybridized carbons (Fsp3) is 0.333. The highest BCUT2D eigenvalue weighted by atomic mass is 79.9. The fourth-order valence-corrected chi connectivity index (χ4v) is 3.00. The summed E-state index contributed by atoms with van der Waals surface area (Å²) in [6, 6.07) is 12.6. The van der Waals surface area contributed by atoms with Crippen molar-refractivity contribution in [1.82, 2.24) is 14.6 Å². The van der Waals surface area contributed by atoms with Crippen LogP contribution in [0.25, 0.3) is 5.65 Å². The zero-order valence-corrected chi connectivity index (χ0v) is 15.0. The molecule has 0 spiro atoms. The topological polar surface area (TPSA) is 42.2 Å². The zero-order valence-electron chi connectivity index (χ0n) is 13.4. The first kappa shape index (κ1) is 16.0. The number of nitrogens with zero attached hydrogens (tertiary/aromatic N) is 3. The van der Waals surface area contributed by atoms with Gasteiger partial charge in [0.05, 0.1) is 10.7 Å². The van der Waals surface area contributed by atoms with E-state index in [1.807, 2.05) is 12.3 Å². The van der Waals surface area contributed by atoms with Crippen molar-refractivity contribution in [2.45, 2.75) is 20.3 Å². The van der Waals surface area contributed by atoms with E-state index in [2.05, 4.69) is 75.5 Å². The molecule has 3 aromatic rings. The van der Waals surface area contributed by atoms with E-state index >= 15 is 0 Å². The second-order valence-corrected chi connectivity index (χ2v) is 7.00. The summed E-state index contributed by atoms with van der Waals surface area (Å²) in [5.74, 6) is 2.05. The summed E-state index contributed by atoms with van der Waals surface area (Å²) < 4.78 is 2.67. The smallest absolute Gasteiger partial charge is 0.171 e. The van der Waals surface area contributed by atoms with Gasteiger partial charge in [0, 0.05) is 12.7 Å². The van der Waals surface area contributed by atoms with E-state index in [9.17, 15) is 0 Å². The summed E-state index contributed by atoms with van der Waals surface area (Å²) >= 11 is 3.47. The van der Waals surface area contributed by atoms with Crippen molar-refractivity contribution in [3.05, 3.63) is 58.8 Å². The van der Waals surface area contributed by atoms with Crippen molar-refractivity contribution >= 4 is 27.4 Å². The Morgan fingerprint density at radius 3 is 2.70 bits per heavy atom. The van der Waals surface area contributed by atoms with Crippen LogP contribution in [0.4, 0.5) is 5.82 Å². The standard InChI is InChI=1S/C18H21BrN4/c1-13(2)15(10-14-6-4-3-5-7-14)11-20-17-8-9-23-18(22-17)16(19)12-21-23/h3-9,12-13,15H,10-11H2,1-2H3,(H,20,22). The summed E-state index contributed by atoms with van der Waals surface area (Å²) in [6.45, 7) is 5.46. The van der Waals surface area contributed by atoms with Gasteiger partial charge in [-0.1, -0.05) is 44.2 Å². The van der Waals surface area contributed by atoms with E-state index in [0.29, 0.717) is 11.8 Å². The van der Waals surface area contributed by atoms with Crippen LogP contribution in [0.3, 0.4) is 0 Å². The van der Waals surface area contributed by atoms with Gasteiger partial charge < -0.3 is 5.32 Å². The molecular formula is C18H21BrN4. The van der Waals surface area contributed by atoms with Crippen LogP contribution in [0, 0.1) is 11.8 Å². The number of nitrogens with one attached hydrogen (secondary N) is 1. The SMILES string of the molecule is CC(C)C(CNc1ccn2ncc(Br)c2n1)Cc1ccccc1. The Bertz CT molecular complexity index is 767. The predicted octanol–water partition coefficient (Wildman–Crippen LogP) is 4.42. The molecule has 4 nitrogen and oxygen atoms in total. The lowest BCUT2D eigenvalue weighted by Gasteiger charge is -2.22. The summed E-state index contributed by atoms with van der Waals surface area (Å²) in [6.07, 6.45) is 4.76. The number of fused-ring (bicyclic) bond motifs is 1. The predicted molar refractivity (Wildman–Crippen MR) is 97.7 cm³/mol. The molecule has 2 aromatic heterocycles. The summed E-state index contributed by atoms with van der Waals surface area (Å²) in [5, 5.41) is 7.70. The van der Waals surface area contributed by atoms with Gasteiger partial charge in [-0.25, -0.2) is 9.50 Å². The normalized spacial score (nSPS) is 12.7. The van der Waals surface area contributed by atoms with Crippen molar-refractivity contribution in [2.24, 2.45) is 11.8 Å². The number of hydrogen-bond donors (Lipinski definition) is 1. The Morgan fingerprint density at radius 2 is 1.96 bits per heavy atom. The molecule has 0 bridgehead atoms. The molecule has 0 amide bonds. The number of benzene rings is 1. The van der Waals surface area contributed by atoms with Crippen molar-refractivity contribution in [2.75, 3.05) is 11.9 Å². The molecule has 0 saturated heterocycles. The highest BCUT2D eigenvalue weighted by molar-refractivity contribution is 9.10. The van der Waals surface area contributed by atoms with E-state index < -0.39 is 0 Å². The highest BCUT2D eigenvalue weighted by Crippen LogP contribution is 2.20. The maximum Gasteiger partial charge on any atom is 0.171 e. The van der Waals surface area contributed by atoms with E-state index in [-0.39, 0.29) is 0 Å². The van der Waals surface area contributed by atoms with E-state index in [4.69, 9.17) is 0 Å². The molecule has 5 heteroatoms. The maximum atomic E-state index is 4.62. The van der Waals surface area contributed by atoms with Crippen molar-refractivity contribution in [1.29, 1.82) is 0 Å². The van der Waals surface area contributed by atoms with Crippen LogP contribution in [0.1, 0.15) is 19.4 Å². The molecule has 23 heavy (non-hydrogen) atoms. The number of rotatable bonds is 6. The molecule has 0 aliphatic heterocycles. The van der Waals surface area contributed by atoms with Gasteiger partial charge in [-0.3, -0.25) is 0 Å². The maximum absolute atomic E-state index is 4.62. The highest BCUT2D eigenvalue weighted by Gasteiger charge is 2.14. The molecule has 1 atom stereocenters. The molecule has 1 N–H and O–H groups in total. The second kappa shape index (κ2) is 7.13. The van der Waals surface area contributed by atoms with Crippen LogP contribution in [0.15, 0.2) is 53.3 Å². The number of hydrogen-bond acceptors (Lipinski definition) is 3. The Labute approximate surface area is 145 Å². The molecular weight excluding hydrogens is 352 g/mol. The summed E-state index contributed by atoms with van der Waals surface area (Å²) in [7, 11) is 0. The quantitative estimate of drug-likeness (QED) is 0.696. The number of aromatic nitrogens is 3. The Balaban J connectivity index is 1.69. The minimum atomic E-state index is 0.559. The van der Waals surface area contributed by atoms with Crippen molar-refractivity contribution < 1.29 is 0 Å². The number of anilines is 1. The molecule has 0 aliphatic carbocycles. The minimum Gasteiger partial charge on any atom is -0.370 e. The third kappa shape index (κ3) is 3.91. The monoisotopic (exact) mass is 372 g/mol. The molecule has 1 unspecified atom stereocenters. The van der Waals surface area contributed by atoms with E-state index in [0.717, 1.165) is 28.9 Å². The average Bonchev–Trinajstić information content (AvgIpc) is 2.93. The lowest BCUT2D eigenvalue weighted by Crippen LogP contribution is -2.22. The van der Waals surface area contributed by atoms with Gasteiger partial charge in [-0.15, -0.1) is 0 Å². The van der Waals surface area contributed by atoms with Gasteiger partial charge in [0.15, 0.2) is 5.65 Å². The third-order valence-electron chi connectivity index (χ3n) is 4.15. The molecule has 0 aliphatic rings. The largest absolute Gasteiger partial charge is 0.370 e. The first-order valence-corrected chi connectivity index (χ1v) is 8.70. The van der Waals surface area contributed by atoms with Crippen molar-refractivity contribution in [3.8, 4) is 0 Å². The Morgan fingerprint density at radius 1 is 1.17 bits per heavy atom. The zero-order chi connectivity index (χ0) is 16.2. The van der Waals surface area contributed by atoms with Gasteiger partial charge in [-0.2, -0.15) is 5.10 Å². The van der Waals surface area contributed by atoms with Gasteiger partial charge in [-0.05, 0) is 45.8 Å². The Kier molecular flexibility index (Phi) is 4.96. The molecule has 0 saturated carbocycles. The number of halogens is 1. The van der Waals surface area contributed by atoms with Crippen LogP contribution in [0.5, 0.6) is 0 Å². The fourth-order valence-electron chi connectivity index (χ4n) is 2.64. The molecule has 0 fully saturated rings. The van der Waals surface area contributed by atoms with Gasteiger partial charge in [0.25, 0.3) is 0 Å². The lowest BCUT2D eigenvalue weighted by atomic mass is 9.89. The Hall–Kier alpha value is -1.88. The lowest BCUT2D eigenvalue weighted by molar-refractivity contribution is 0.401. The summed E-state index contributed by atoms with van der Waals surface area (Å²) in [5.41, 5.74) is 2.22. The second-order valence-electron chi connectivity index (χ2n) is 6.15. The van der Waals surface area contributed by atoms with Crippen molar-refractivity contribution in [3.63, 3.8) is 0 Å². The van der Waals surface area contributed by atoms with Crippen LogP contribution >= 0.6 is 15.9 Å². The van der Waals surface area contributed by atoms with E-state index in [1.165, 1.54) is 5.56 Å². The van der Waals surface area contributed by atoms with Crippen LogP contribution in [-0.4, -0.2) is 21.1 Å². The van der Waals surface area contributed by atoms with Gasteiger partial charge >= 0.3 is 0 Å². The van der Waals surface area contributed by atoms with E-state index in [1.54, 1.807) is 10.7 Å². The molecule has 3 rings (SSSR count). The molecule has 120 valence electrons. The van der Waals surface area contributed by atoms with Gasteiger partial charge in [0.2, 0.25) is 0 Å². The van der Waals surface area contributed by atoms with Crippen LogP contribution in [0.2, 0.25) is 0 Å². The molecule has 0 radical (unpaired) electrons. The third-order valence-corrected chi connectivity index (χ3v) is 4.71. The molecule has 1 aromatic carbocycles. The first-order valence-electron chi connectivity index (χ1n) is 7.91.